The molecule has 1 amide bonds. The lowest BCUT2D eigenvalue weighted by atomic mass is 10.1. The molecule has 1 fully saturated rings. The SMILES string of the molecule is COc1ccc(N2C(=O)/C(=C\c3cccc(OCCO)c3)N(C)C2=S)cc1. The van der Waals surface area contributed by atoms with E-state index in [-0.39, 0.29) is 19.1 Å². The van der Waals surface area contributed by atoms with Crippen molar-refractivity contribution in [1.82, 2.24) is 4.90 Å². The molecule has 7 heteroatoms. The van der Waals surface area contributed by atoms with Crippen molar-refractivity contribution in [2.75, 3.05) is 32.3 Å². The molecule has 0 aromatic heterocycles. The molecule has 1 saturated heterocycles. The molecule has 1 aliphatic rings. The van der Waals surface area contributed by atoms with E-state index in [0.717, 1.165) is 5.56 Å². The predicted octanol–water partition coefficient (Wildman–Crippen LogP) is 2.67. The van der Waals surface area contributed by atoms with Crippen LogP contribution in [0.4, 0.5) is 5.69 Å². The van der Waals surface area contributed by atoms with Crippen molar-refractivity contribution in [3.05, 3.63) is 59.8 Å². The van der Waals surface area contributed by atoms with Crippen LogP contribution in [0, 0.1) is 0 Å². The van der Waals surface area contributed by atoms with E-state index in [1.54, 1.807) is 55.5 Å². The van der Waals surface area contributed by atoms with Gasteiger partial charge in [-0.15, -0.1) is 0 Å². The second-order valence-corrected chi connectivity index (χ2v) is 6.22. The number of thiocarbonyl (C=S) groups is 1. The third-order valence-electron chi connectivity index (χ3n) is 4.11. The van der Waals surface area contributed by atoms with Crippen LogP contribution in [-0.4, -0.2) is 48.4 Å². The van der Waals surface area contributed by atoms with Gasteiger partial charge in [0.05, 0.1) is 19.4 Å². The molecule has 0 spiro atoms. The Morgan fingerprint density at radius 2 is 1.89 bits per heavy atom. The van der Waals surface area contributed by atoms with E-state index in [1.807, 2.05) is 18.2 Å². The summed E-state index contributed by atoms with van der Waals surface area (Å²) in [6.45, 7) is 0.159. The smallest absolute Gasteiger partial charge is 0.281 e. The van der Waals surface area contributed by atoms with Crippen LogP contribution in [0.1, 0.15) is 5.56 Å². The minimum absolute atomic E-state index is 0.0579. The fourth-order valence-corrected chi connectivity index (χ4v) is 3.02. The average Bonchev–Trinajstić information content (AvgIpc) is 2.90. The van der Waals surface area contributed by atoms with E-state index in [9.17, 15) is 4.79 Å². The number of likely N-dealkylation sites (N-methyl/N-ethyl adjacent to an activating group) is 1. The van der Waals surface area contributed by atoms with Gasteiger partial charge in [0, 0.05) is 7.05 Å². The second-order valence-electron chi connectivity index (χ2n) is 5.85. The van der Waals surface area contributed by atoms with E-state index in [4.69, 9.17) is 26.8 Å². The van der Waals surface area contributed by atoms with E-state index < -0.39 is 0 Å². The Morgan fingerprint density at radius 1 is 1.15 bits per heavy atom. The van der Waals surface area contributed by atoms with E-state index in [1.165, 1.54) is 4.90 Å². The Bertz CT molecular complexity index is 880. The molecular formula is C20H20N2O4S. The number of nitrogens with zero attached hydrogens (tertiary/aromatic N) is 2. The van der Waals surface area contributed by atoms with Gasteiger partial charge in [0.2, 0.25) is 0 Å². The fraction of sp³-hybridized carbons (Fsp3) is 0.200. The van der Waals surface area contributed by atoms with Gasteiger partial charge in [-0.1, -0.05) is 12.1 Å². The predicted molar refractivity (Wildman–Crippen MR) is 108 cm³/mol. The number of hydrogen-bond acceptors (Lipinski definition) is 5. The number of ether oxygens (including phenoxy) is 2. The number of carbonyl (C=O) groups excluding carboxylic acids is 1. The van der Waals surface area contributed by atoms with Crippen LogP contribution in [0.25, 0.3) is 6.08 Å². The lowest BCUT2D eigenvalue weighted by molar-refractivity contribution is -0.114. The number of amides is 1. The summed E-state index contributed by atoms with van der Waals surface area (Å²) in [7, 11) is 3.36. The van der Waals surface area contributed by atoms with Gasteiger partial charge in [0.1, 0.15) is 23.8 Å². The maximum atomic E-state index is 13.0. The first-order valence-corrected chi connectivity index (χ1v) is 8.77. The van der Waals surface area contributed by atoms with Crippen LogP contribution in [0.5, 0.6) is 11.5 Å². The molecule has 1 aliphatic heterocycles. The highest BCUT2D eigenvalue weighted by Gasteiger charge is 2.36. The normalized spacial score (nSPS) is 15.6. The van der Waals surface area contributed by atoms with Crippen molar-refractivity contribution < 1.29 is 19.4 Å². The molecule has 1 N–H and O–H groups in total. The van der Waals surface area contributed by atoms with Crippen molar-refractivity contribution >= 4 is 35.0 Å². The minimum Gasteiger partial charge on any atom is -0.497 e. The summed E-state index contributed by atoms with van der Waals surface area (Å²) in [5.74, 6) is 1.13. The first-order chi connectivity index (χ1) is 13.0. The molecule has 6 nitrogen and oxygen atoms in total. The van der Waals surface area contributed by atoms with Crippen molar-refractivity contribution in [3.63, 3.8) is 0 Å². The highest BCUT2D eigenvalue weighted by atomic mass is 32.1. The van der Waals surface area contributed by atoms with Gasteiger partial charge in [0.25, 0.3) is 5.91 Å². The molecule has 0 saturated carbocycles. The van der Waals surface area contributed by atoms with Crippen LogP contribution in [0.15, 0.2) is 54.2 Å². The first kappa shape index (κ1) is 18.9. The van der Waals surface area contributed by atoms with Gasteiger partial charge < -0.3 is 19.5 Å². The maximum absolute atomic E-state index is 13.0. The quantitative estimate of drug-likeness (QED) is 0.610. The largest absolute Gasteiger partial charge is 0.497 e. The Labute approximate surface area is 163 Å². The molecule has 1 heterocycles. The number of anilines is 1. The van der Waals surface area contributed by atoms with Crippen molar-refractivity contribution in [2.24, 2.45) is 0 Å². The molecule has 0 atom stereocenters. The van der Waals surface area contributed by atoms with Gasteiger partial charge in [-0.05, 0) is 60.3 Å². The number of methoxy groups -OCH3 is 1. The standard InChI is InChI=1S/C20H20N2O4S/c1-21-18(13-14-4-3-5-17(12-14)26-11-10-23)19(24)22(20(21)27)15-6-8-16(25-2)9-7-15/h3-9,12-13,23H,10-11H2,1-2H3/b18-13+. The fourth-order valence-electron chi connectivity index (χ4n) is 2.73. The van der Waals surface area contributed by atoms with E-state index >= 15 is 0 Å². The summed E-state index contributed by atoms with van der Waals surface area (Å²) in [6.07, 6.45) is 1.77. The Morgan fingerprint density at radius 3 is 2.56 bits per heavy atom. The zero-order chi connectivity index (χ0) is 19.4. The van der Waals surface area contributed by atoms with Crippen molar-refractivity contribution in [2.45, 2.75) is 0 Å². The Kier molecular flexibility index (Phi) is 5.73. The van der Waals surface area contributed by atoms with Crippen LogP contribution in [0.3, 0.4) is 0 Å². The summed E-state index contributed by atoms with van der Waals surface area (Å²) >= 11 is 5.47. The number of aliphatic hydroxyl groups excluding tert-OH is 1. The molecule has 0 aliphatic carbocycles. The zero-order valence-electron chi connectivity index (χ0n) is 15.1. The zero-order valence-corrected chi connectivity index (χ0v) is 15.9. The van der Waals surface area contributed by atoms with Gasteiger partial charge in [-0.2, -0.15) is 0 Å². The monoisotopic (exact) mass is 384 g/mol. The third kappa shape index (κ3) is 3.94. The first-order valence-electron chi connectivity index (χ1n) is 8.36. The lowest BCUT2D eigenvalue weighted by Gasteiger charge is -2.16. The highest BCUT2D eigenvalue weighted by molar-refractivity contribution is 7.80. The Balaban J connectivity index is 1.89. The number of benzene rings is 2. The highest BCUT2D eigenvalue weighted by Crippen LogP contribution is 2.29. The number of hydrogen-bond donors (Lipinski definition) is 1. The lowest BCUT2D eigenvalue weighted by Crippen LogP contribution is -2.31. The number of rotatable bonds is 6. The van der Waals surface area contributed by atoms with Gasteiger partial charge in [-0.25, -0.2) is 0 Å². The third-order valence-corrected chi connectivity index (χ3v) is 4.57. The molecule has 27 heavy (non-hydrogen) atoms. The summed E-state index contributed by atoms with van der Waals surface area (Å²) in [4.78, 5) is 16.2. The molecule has 2 aromatic carbocycles. The van der Waals surface area contributed by atoms with Gasteiger partial charge in [-0.3, -0.25) is 9.69 Å². The van der Waals surface area contributed by atoms with Crippen LogP contribution in [-0.2, 0) is 4.79 Å². The van der Waals surface area contributed by atoms with Gasteiger partial charge >= 0.3 is 0 Å². The number of carbonyl (C=O) groups is 1. The summed E-state index contributed by atoms with van der Waals surface area (Å²) in [5.41, 5.74) is 1.95. The summed E-state index contributed by atoms with van der Waals surface area (Å²) in [6, 6.07) is 14.5. The van der Waals surface area contributed by atoms with E-state index in [2.05, 4.69) is 0 Å². The van der Waals surface area contributed by atoms with Crippen molar-refractivity contribution in [1.29, 1.82) is 0 Å². The average molecular weight is 384 g/mol. The molecule has 140 valence electrons. The molecule has 2 aromatic rings. The van der Waals surface area contributed by atoms with Crippen molar-refractivity contribution in [3.8, 4) is 11.5 Å². The van der Waals surface area contributed by atoms with Crippen LogP contribution in [0.2, 0.25) is 0 Å². The molecule has 3 rings (SSSR count). The van der Waals surface area contributed by atoms with Crippen LogP contribution < -0.4 is 14.4 Å². The van der Waals surface area contributed by atoms with Gasteiger partial charge in [0.15, 0.2) is 5.11 Å². The second kappa shape index (κ2) is 8.20. The topological polar surface area (TPSA) is 62.2 Å². The molecule has 0 radical (unpaired) electrons. The molecule has 0 bridgehead atoms. The maximum Gasteiger partial charge on any atom is 0.281 e. The molecular weight excluding hydrogens is 364 g/mol. The summed E-state index contributed by atoms with van der Waals surface area (Å²) in [5, 5.41) is 9.29. The number of aliphatic hydroxyl groups is 1. The Hall–Kier alpha value is -2.90. The summed E-state index contributed by atoms with van der Waals surface area (Å²) < 4.78 is 10.6. The minimum atomic E-state index is -0.200. The molecule has 0 unspecified atom stereocenters. The van der Waals surface area contributed by atoms with E-state index in [0.29, 0.717) is 28.0 Å². The van der Waals surface area contributed by atoms with Crippen LogP contribution >= 0.6 is 12.2 Å².